The van der Waals surface area contributed by atoms with Crippen molar-refractivity contribution in [3.8, 4) is 0 Å². The summed E-state index contributed by atoms with van der Waals surface area (Å²) in [4.78, 5) is 37.0. The summed E-state index contributed by atoms with van der Waals surface area (Å²) in [5, 5.41) is 4.61. The number of carbonyl (C=O) groups is 3. The van der Waals surface area contributed by atoms with E-state index in [4.69, 9.17) is 4.74 Å². The second kappa shape index (κ2) is 6.56. The lowest BCUT2D eigenvalue weighted by Crippen LogP contribution is -2.49. The number of hydrogen-bond donors (Lipinski definition) is 3. The summed E-state index contributed by atoms with van der Waals surface area (Å²) in [6.07, 6.45) is 1.56. The van der Waals surface area contributed by atoms with Crippen molar-refractivity contribution in [3.63, 3.8) is 0 Å². The lowest BCUT2D eigenvalue weighted by Gasteiger charge is -2.20. The smallest absolute Gasteiger partial charge is 0.355 e. The molecule has 1 rings (SSSR count). The Morgan fingerprint density at radius 3 is 2.50 bits per heavy atom. The summed E-state index contributed by atoms with van der Waals surface area (Å²) in [7, 11) is 0. The van der Waals surface area contributed by atoms with Crippen LogP contribution in [0.3, 0.4) is 0 Å². The highest BCUT2D eigenvalue weighted by Crippen LogP contribution is 2.11. The zero-order valence-electron chi connectivity index (χ0n) is 11.4. The minimum absolute atomic E-state index is 0.212. The molecule has 0 saturated carbocycles. The summed E-state index contributed by atoms with van der Waals surface area (Å²) in [6.45, 7) is 4.80. The third-order valence-corrected chi connectivity index (χ3v) is 2.40. The third kappa shape index (κ3) is 5.87. The number of imide groups is 1. The van der Waals surface area contributed by atoms with Gasteiger partial charge < -0.3 is 15.0 Å². The summed E-state index contributed by atoms with van der Waals surface area (Å²) in [5.74, 6) is -1.38. The molecule has 0 aliphatic carbocycles. The van der Waals surface area contributed by atoms with Crippen LogP contribution in [0.2, 0.25) is 0 Å². The summed E-state index contributed by atoms with van der Waals surface area (Å²) in [6, 6.07) is 0.883. The Labute approximate surface area is 124 Å². The molecule has 0 unspecified atom stereocenters. The molecule has 0 aromatic carbocycles. The van der Waals surface area contributed by atoms with Crippen LogP contribution in [-0.4, -0.2) is 35.0 Å². The molecule has 1 heterocycles. The zero-order valence-corrected chi connectivity index (χ0v) is 13.0. The number of nitrogens with one attached hydrogen (secondary N) is 3. The zero-order chi connectivity index (χ0) is 15.3. The van der Waals surface area contributed by atoms with E-state index in [9.17, 15) is 14.4 Å². The number of hydrogen-bond acceptors (Lipinski definition) is 4. The van der Waals surface area contributed by atoms with E-state index in [1.807, 2.05) is 0 Å². The number of H-pyrrole nitrogens is 1. The van der Waals surface area contributed by atoms with Crippen LogP contribution in [0.25, 0.3) is 0 Å². The standard InChI is InChI=1S/C12H16BrN3O4/c1-12(2,3)16-11(19)15-9(17)6-20-10(18)8-4-7(13)5-14-8/h4-5,14H,6H2,1-3H3,(H2,15,16,17,19). The quantitative estimate of drug-likeness (QED) is 0.723. The molecule has 8 heteroatoms. The Bertz CT molecular complexity index is 519. The normalized spacial score (nSPS) is 10.8. The molecule has 0 aliphatic heterocycles. The number of esters is 1. The molecule has 110 valence electrons. The first-order valence-electron chi connectivity index (χ1n) is 5.80. The largest absolute Gasteiger partial charge is 0.451 e. The first-order chi connectivity index (χ1) is 9.17. The number of carbonyl (C=O) groups excluding carboxylic acids is 3. The van der Waals surface area contributed by atoms with Gasteiger partial charge in [0, 0.05) is 16.2 Å². The van der Waals surface area contributed by atoms with E-state index in [-0.39, 0.29) is 5.69 Å². The highest BCUT2D eigenvalue weighted by molar-refractivity contribution is 9.10. The van der Waals surface area contributed by atoms with Gasteiger partial charge in [-0.2, -0.15) is 0 Å². The molecule has 0 saturated heterocycles. The number of ether oxygens (including phenoxy) is 1. The second-order valence-electron chi connectivity index (χ2n) is 5.06. The Morgan fingerprint density at radius 1 is 1.35 bits per heavy atom. The van der Waals surface area contributed by atoms with Gasteiger partial charge in [0.1, 0.15) is 5.69 Å². The van der Waals surface area contributed by atoms with Crippen molar-refractivity contribution < 1.29 is 19.1 Å². The molecule has 1 aromatic heterocycles. The van der Waals surface area contributed by atoms with E-state index in [0.29, 0.717) is 4.47 Å². The predicted octanol–water partition coefficient (Wildman–Crippen LogP) is 1.56. The molecule has 0 spiro atoms. The van der Waals surface area contributed by atoms with Gasteiger partial charge in [-0.3, -0.25) is 10.1 Å². The van der Waals surface area contributed by atoms with Gasteiger partial charge in [-0.25, -0.2) is 9.59 Å². The van der Waals surface area contributed by atoms with E-state index in [2.05, 4.69) is 31.5 Å². The van der Waals surface area contributed by atoms with Crippen molar-refractivity contribution in [1.82, 2.24) is 15.6 Å². The molecule has 0 radical (unpaired) electrons. The lowest BCUT2D eigenvalue weighted by atomic mass is 10.1. The van der Waals surface area contributed by atoms with Crippen LogP contribution in [0.1, 0.15) is 31.3 Å². The minimum atomic E-state index is -0.703. The van der Waals surface area contributed by atoms with E-state index in [1.54, 1.807) is 27.0 Å². The van der Waals surface area contributed by atoms with Gasteiger partial charge in [0.2, 0.25) is 0 Å². The summed E-state index contributed by atoms with van der Waals surface area (Å²) >= 11 is 3.17. The molecule has 20 heavy (non-hydrogen) atoms. The van der Waals surface area contributed by atoms with E-state index in [0.717, 1.165) is 0 Å². The maximum Gasteiger partial charge on any atom is 0.355 e. The fraction of sp³-hybridized carbons (Fsp3) is 0.417. The molecule has 3 N–H and O–H groups in total. The van der Waals surface area contributed by atoms with Crippen molar-refractivity contribution in [2.24, 2.45) is 0 Å². The van der Waals surface area contributed by atoms with Crippen molar-refractivity contribution in [2.75, 3.05) is 6.61 Å². The Hall–Kier alpha value is -1.83. The maximum atomic E-state index is 11.5. The van der Waals surface area contributed by atoms with Crippen LogP contribution in [0.4, 0.5) is 4.79 Å². The van der Waals surface area contributed by atoms with Crippen LogP contribution in [0.5, 0.6) is 0 Å². The fourth-order valence-corrected chi connectivity index (χ4v) is 1.57. The maximum absolute atomic E-state index is 11.5. The van der Waals surface area contributed by atoms with Crippen LogP contribution in [0.15, 0.2) is 16.7 Å². The van der Waals surface area contributed by atoms with Gasteiger partial charge in [-0.15, -0.1) is 0 Å². The van der Waals surface area contributed by atoms with Crippen LogP contribution in [-0.2, 0) is 9.53 Å². The van der Waals surface area contributed by atoms with Crippen LogP contribution < -0.4 is 10.6 Å². The van der Waals surface area contributed by atoms with Gasteiger partial charge in [-0.05, 0) is 42.8 Å². The average Bonchev–Trinajstić information content (AvgIpc) is 2.70. The number of aromatic amines is 1. The van der Waals surface area contributed by atoms with Crippen molar-refractivity contribution in [2.45, 2.75) is 26.3 Å². The molecule has 0 atom stereocenters. The van der Waals surface area contributed by atoms with E-state index in [1.165, 1.54) is 6.07 Å². The first-order valence-corrected chi connectivity index (χ1v) is 6.60. The molecule has 0 fully saturated rings. The average molecular weight is 346 g/mol. The lowest BCUT2D eigenvalue weighted by molar-refractivity contribution is -0.123. The number of halogens is 1. The van der Waals surface area contributed by atoms with Crippen molar-refractivity contribution >= 4 is 33.8 Å². The molecule has 0 bridgehead atoms. The van der Waals surface area contributed by atoms with Gasteiger partial charge >= 0.3 is 12.0 Å². The Kier molecular flexibility index (Phi) is 5.32. The van der Waals surface area contributed by atoms with Crippen molar-refractivity contribution in [3.05, 3.63) is 22.4 Å². The Morgan fingerprint density at radius 2 is 2.00 bits per heavy atom. The molecule has 7 nitrogen and oxygen atoms in total. The van der Waals surface area contributed by atoms with Crippen LogP contribution >= 0.6 is 15.9 Å². The van der Waals surface area contributed by atoms with Crippen LogP contribution in [0, 0.1) is 0 Å². The number of urea groups is 1. The van der Waals surface area contributed by atoms with Gasteiger partial charge in [0.15, 0.2) is 6.61 Å². The minimum Gasteiger partial charge on any atom is -0.451 e. The highest BCUT2D eigenvalue weighted by atomic mass is 79.9. The van der Waals surface area contributed by atoms with E-state index >= 15 is 0 Å². The van der Waals surface area contributed by atoms with Gasteiger partial charge in [0.05, 0.1) is 0 Å². The Balaban J connectivity index is 2.37. The second-order valence-corrected chi connectivity index (χ2v) is 5.98. The number of rotatable bonds is 3. The predicted molar refractivity (Wildman–Crippen MR) is 75.2 cm³/mol. The summed E-state index contributed by atoms with van der Waals surface area (Å²) in [5.41, 5.74) is -0.249. The van der Waals surface area contributed by atoms with Gasteiger partial charge in [0.25, 0.3) is 5.91 Å². The van der Waals surface area contributed by atoms with Gasteiger partial charge in [-0.1, -0.05) is 0 Å². The molecular weight excluding hydrogens is 330 g/mol. The molecule has 3 amide bonds. The summed E-state index contributed by atoms with van der Waals surface area (Å²) < 4.78 is 5.44. The molecular formula is C12H16BrN3O4. The molecule has 1 aromatic rings. The first kappa shape index (κ1) is 16.2. The topological polar surface area (TPSA) is 100 Å². The monoisotopic (exact) mass is 345 g/mol. The number of amides is 3. The SMILES string of the molecule is CC(C)(C)NC(=O)NC(=O)COC(=O)c1cc(Br)c[nH]1. The highest BCUT2D eigenvalue weighted by Gasteiger charge is 2.17. The fourth-order valence-electron chi connectivity index (χ4n) is 1.23. The van der Waals surface area contributed by atoms with Crippen molar-refractivity contribution in [1.29, 1.82) is 0 Å². The molecule has 0 aliphatic rings. The number of aromatic nitrogens is 1. The third-order valence-electron chi connectivity index (χ3n) is 1.94. The van der Waals surface area contributed by atoms with E-state index < -0.39 is 30.1 Å².